The molecule has 39 heavy (non-hydrogen) atoms. The molecule has 0 saturated carbocycles. The standard InChI is InChI=1S/C32H29N3O4/c1-2-23(21-10-5-3-6-11-21)24-14-9-15-26-30(24)25(20-27(33)36)32(31(34-26)22-12-7-4-8-13-22)39-19-18-35-28(37)16-17-29(35)38/h3-17,23H,2,18-20H2,1H3,(H2,33,36). The molecule has 1 atom stereocenters. The van der Waals surface area contributed by atoms with Gasteiger partial charge in [-0.1, -0.05) is 79.7 Å². The van der Waals surface area contributed by atoms with Crippen molar-refractivity contribution in [2.75, 3.05) is 13.2 Å². The molecule has 1 aromatic heterocycles. The summed E-state index contributed by atoms with van der Waals surface area (Å²) in [6, 6.07) is 25.8. The van der Waals surface area contributed by atoms with Crippen molar-refractivity contribution in [3.8, 4) is 17.0 Å². The van der Waals surface area contributed by atoms with Gasteiger partial charge in [-0.3, -0.25) is 19.3 Å². The lowest BCUT2D eigenvalue weighted by Gasteiger charge is -2.23. The average Bonchev–Trinajstić information content (AvgIpc) is 3.27. The topological polar surface area (TPSA) is 103 Å². The van der Waals surface area contributed by atoms with Crippen molar-refractivity contribution >= 4 is 28.6 Å². The van der Waals surface area contributed by atoms with Gasteiger partial charge in [-0.25, -0.2) is 4.98 Å². The molecular weight excluding hydrogens is 490 g/mol. The summed E-state index contributed by atoms with van der Waals surface area (Å²) in [5, 5.41) is 0.830. The van der Waals surface area contributed by atoms with Gasteiger partial charge >= 0.3 is 0 Å². The van der Waals surface area contributed by atoms with Gasteiger partial charge in [0.15, 0.2) is 0 Å². The van der Waals surface area contributed by atoms with E-state index in [1.165, 1.54) is 12.2 Å². The Kier molecular flexibility index (Phi) is 7.50. The first kappa shape index (κ1) is 25.9. The summed E-state index contributed by atoms with van der Waals surface area (Å²) < 4.78 is 6.32. The van der Waals surface area contributed by atoms with Crippen LogP contribution in [-0.2, 0) is 20.8 Å². The third kappa shape index (κ3) is 5.29. The molecule has 7 heteroatoms. The number of nitrogens with two attached hydrogens (primary N) is 1. The molecule has 0 fully saturated rings. The maximum Gasteiger partial charge on any atom is 0.253 e. The highest BCUT2D eigenvalue weighted by molar-refractivity contribution is 6.12. The highest BCUT2D eigenvalue weighted by Crippen LogP contribution is 2.41. The minimum atomic E-state index is -0.497. The number of carbonyl (C=O) groups is 3. The number of aromatic nitrogens is 1. The molecule has 7 nitrogen and oxygen atoms in total. The van der Waals surface area contributed by atoms with Gasteiger partial charge in [0.1, 0.15) is 18.1 Å². The van der Waals surface area contributed by atoms with Crippen molar-refractivity contribution in [3.63, 3.8) is 0 Å². The van der Waals surface area contributed by atoms with E-state index >= 15 is 0 Å². The molecule has 0 spiro atoms. The van der Waals surface area contributed by atoms with Gasteiger partial charge in [0.2, 0.25) is 5.91 Å². The van der Waals surface area contributed by atoms with Gasteiger partial charge in [0.05, 0.1) is 18.5 Å². The van der Waals surface area contributed by atoms with Crippen molar-refractivity contribution < 1.29 is 19.1 Å². The largest absolute Gasteiger partial charge is 0.489 e. The number of benzene rings is 3. The second kappa shape index (κ2) is 11.3. The summed E-state index contributed by atoms with van der Waals surface area (Å²) in [7, 11) is 0. The van der Waals surface area contributed by atoms with Crippen LogP contribution in [0.3, 0.4) is 0 Å². The summed E-state index contributed by atoms with van der Waals surface area (Å²) in [5.74, 6) is -0.767. The Balaban J connectivity index is 1.69. The zero-order valence-electron chi connectivity index (χ0n) is 21.7. The fourth-order valence-corrected chi connectivity index (χ4v) is 5.20. The van der Waals surface area contributed by atoms with E-state index in [1.54, 1.807) is 0 Å². The van der Waals surface area contributed by atoms with Crippen LogP contribution in [0.4, 0.5) is 0 Å². The van der Waals surface area contributed by atoms with Crippen LogP contribution in [0.1, 0.15) is 36.0 Å². The van der Waals surface area contributed by atoms with E-state index < -0.39 is 5.91 Å². The Morgan fingerprint density at radius 2 is 1.59 bits per heavy atom. The van der Waals surface area contributed by atoms with Gasteiger partial charge in [0.25, 0.3) is 11.8 Å². The van der Waals surface area contributed by atoms with Crippen LogP contribution < -0.4 is 10.5 Å². The van der Waals surface area contributed by atoms with Crippen molar-refractivity contribution in [2.24, 2.45) is 5.73 Å². The Hall–Kier alpha value is -4.78. The highest BCUT2D eigenvalue weighted by atomic mass is 16.5. The smallest absolute Gasteiger partial charge is 0.253 e. The number of rotatable bonds is 10. The van der Waals surface area contributed by atoms with Crippen LogP contribution in [0.5, 0.6) is 5.75 Å². The summed E-state index contributed by atoms with van der Waals surface area (Å²) in [4.78, 5) is 42.8. The van der Waals surface area contributed by atoms with E-state index in [9.17, 15) is 14.4 Å². The molecule has 4 aromatic rings. The summed E-state index contributed by atoms with van der Waals surface area (Å²) in [6.45, 7) is 2.23. The summed E-state index contributed by atoms with van der Waals surface area (Å²) in [5.41, 5.74) is 10.7. The Bertz CT molecular complexity index is 1550. The molecule has 3 amide bonds. The molecule has 2 heterocycles. The number of hydrogen-bond donors (Lipinski definition) is 1. The van der Waals surface area contributed by atoms with E-state index in [0.717, 1.165) is 38.9 Å². The third-order valence-electron chi connectivity index (χ3n) is 6.94. The van der Waals surface area contributed by atoms with E-state index in [-0.39, 0.29) is 37.3 Å². The van der Waals surface area contributed by atoms with Crippen molar-refractivity contribution in [3.05, 3.63) is 108 Å². The molecule has 0 radical (unpaired) electrons. The van der Waals surface area contributed by atoms with Crippen LogP contribution in [0.2, 0.25) is 0 Å². The Morgan fingerprint density at radius 1 is 0.923 bits per heavy atom. The van der Waals surface area contributed by atoms with Crippen LogP contribution in [0.15, 0.2) is 91.0 Å². The highest BCUT2D eigenvalue weighted by Gasteiger charge is 2.26. The van der Waals surface area contributed by atoms with Gasteiger partial charge in [-0.2, -0.15) is 0 Å². The molecule has 5 rings (SSSR count). The first-order valence-electron chi connectivity index (χ1n) is 13.0. The number of nitrogens with zero attached hydrogens (tertiary/aromatic N) is 2. The van der Waals surface area contributed by atoms with Crippen LogP contribution in [0.25, 0.3) is 22.2 Å². The SMILES string of the molecule is CCC(c1ccccc1)c1cccc2nc(-c3ccccc3)c(OCCN3C(=O)C=CC3=O)c(CC(N)=O)c12. The lowest BCUT2D eigenvalue weighted by atomic mass is 9.84. The predicted octanol–water partition coefficient (Wildman–Crippen LogP) is 4.78. The van der Waals surface area contributed by atoms with E-state index in [4.69, 9.17) is 15.5 Å². The van der Waals surface area contributed by atoms with Gasteiger partial charge in [-0.15, -0.1) is 0 Å². The summed E-state index contributed by atoms with van der Waals surface area (Å²) >= 11 is 0. The number of ether oxygens (including phenoxy) is 1. The fraction of sp³-hybridized carbons (Fsp3) is 0.188. The van der Waals surface area contributed by atoms with Crippen LogP contribution >= 0.6 is 0 Å². The van der Waals surface area contributed by atoms with Crippen LogP contribution in [0, 0.1) is 0 Å². The normalized spacial score (nSPS) is 13.7. The molecule has 1 aliphatic heterocycles. The number of imide groups is 1. The molecule has 1 aliphatic rings. The first-order valence-corrected chi connectivity index (χ1v) is 13.0. The van der Waals surface area contributed by atoms with Crippen molar-refractivity contribution in [1.82, 2.24) is 9.88 Å². The Labute approximate surface area is 226 Å². The number of pyridine rings is 1. The second-order valence-electron chi connectivity index (χ2n) is 9.40. The minimum absolute atomic E-state index is 0.0377. The van der Waals surface area contributed by atoms with E-state index in [2.05, 4.69) is 25.1 Å². The quantitative estimate of drug-likeness (QED) is 0.304. The number of amides is 3. The first-order chi connectivity index (χ1) is 19.0. The number of fused-ring (bicyclic) bond motifs is 1. The fourth-order valence-electron chi connectivity index (χ4n) is 5.20. The predicted molar refractivity (Wildman–Crippen MR) is 150 cm³/mol. The zero-order valence-corrected chi connectivity index (χ0v) is 21.7. The monoisotopic (exact) mass is 519 g/mol. The zero-order chi connectivity index (χ0) is 27.4. The number of primary amides is 1. The molecule has 196 valence electrons. The minimum Gasteiger partial charge on any atom is -0.489 e. The average molecular weight is 520 g/mol. The molecule has 3 aromatic carbocycles. The molecule has 1 unspecified atom stereocenters. The number of carbonyl (C=O) groups excluding carboxylic acids is 3. The molecule has 0 aliphatic carbocycles. The number of hydrogen-bond acceptors (Lipinski definition) is 5. The molecule has 0 saturated heterocycles. The van der Waals surface area contributed by atoms with E-state index in [0.29, 0.717) is 17.0 Å². The maximum atomic E-state index is 12.4. The second-order valence-corrected chi connectivity index (χ2v) is 9.40. The summed E-state index contributed by atoms with van der Waals surface area (Å²) in [6.07, 6.45) is 3.27. The van der Waals surface area contributed by atoms with Gasteiger partial charge < -0.3 is 10.5 Å². The maximum absolute atomic E-state index is 12.4. The molecule has 0 bridgehead atoms. The molecular formula is C32H29N3O4. The van der Waals surface area contributed by atoms with Gasteiger partial charge in [-0.05, 0) is 23.6 Å². The lowest BCUT2D eigenvalue weighted by Crippen LogP contribution is -2.34. The lowest BCUT2D eigenvalue weighted by molar-refractivity contribution is -0.137. The Morgan fingerprint density at radius 3 is 2.23 bits per heavy atom. The van der Waals surface area contributed by atoms with Gasteiger partial charge in [0, 0.05) is 34.6 Å². The van der Waals surface area contributed by atoms with Crippen molar-refractivity contribution in [2.45, 2.75) is 25.7 Å². The van der Waals surface area contributed by atoms with Crippen LogP contribution in [-0.4, -0.2) is 40.8 Å². The van der Waals surface area contributed by atoms with E-state index in [1.807, 2.05) is 60.7 Å². The third-order valence-corrected chi connectivity index (χ3v) is 6.94. The van der Waals surface area contributed by atoms with Crippen molar-refractivity contribution in [1.29, 1.82) is 0 Å². The molecule has 2 N–H and O–H groups in total.